The molecule has 0 spiro atoms. The Morgan fingerprint density at radius 2 is 1.59 bits per heavy atom. The third-order valence-corrected chi connectivity index (χ3v) is 5.52. The molecule has 5 heteroatoms. The van der Waals surface area contributed by atoms with E-state index in [2.05, 4.69) is 48.1 Å². The highest BCUT2D eigenvalue weighted by Crippen LogP contribution is 2.25. The van der Waals surface area contributed by atoms with E-state index >= 15 is 0 Å². The summed E-state index contributed by atoms with van der Waals surface area (Å²) in [6, 6.07) is 12.7. The van der Waals surface area contributed by atoms with E-state index in [1.807, 2.05) is 31.2 Å². The summed E-state index contributed by atoms with van der Waals surface area (Å²) in [6.07, 6.45) is 0. The molecule has 0 saturated carbocycles. The maximum atomic E-state index is 12.5. The molecule has 2 rings (SSSR count). The van der Waals surface area contributed by atoms with Crippen molar-refractivity contribution in [3.8, 4) is 0 Å². The minimum Gasteiger partial charge on any atom is -0.279 e. The molecule has 0 aromatic heterocycles. The van der Waals surface area contributed by atoms with Crippen LogP contribution in [0.3, 0.4) is 0 Å². The average molecular weight is 429 g/mol. The van der Waals surface area contributed by atoms with E-state index < -0.39 is 10.0 Å². The Morgan fingerprint density at radius 3 is 2.09 bits per heavy atom. The second-order valence-corrected chi connectivity index (χ2v) is 9.27. The molecule has 0 heterocycles. The van der Waals surface area contributed by atoms with Crippen molar-refractivity contribution < 1.29 is 8.42 Å². The molecule has 0 aliphatic heterocycles. The largest absolute Gasteiger partial charge is 0.279 e. The van der Waals surface area contributed by atoms with Crippen LogP contribution in [0.4, 0.5) is 5.69 Å². The van der Waals surface area contributed by atoms with E-state index in [0.717, 1.165) is 14.7 Å². The Bertz CT molecular complexity index is 775. The van der Waals surface area contributed by atoms with Gasteiger partial charge in [0.25, 0.3) is 10.0 Å². The molecule has 2 aromatic rings. The van der Waals surface area contributed by atoms with Crippen LogP contribution in [0.5, 0.6) is 0 Å². The van der Waals surface area contributed by atoms with Crippen LogP contribution in [0.2, 0.25) is 0 Å². The van der Waals surface area contributed by atoms with Gasteiger partial charge in [0.2, 0.25) is 0 Å². The molecule has 0 unspecified atom stereocenters. The van der Waals surface area contributed by atoms with Crippen LogP contribution in [0.1, 0.15) is 31.9 Å². The van der Waals surface area contributed by atoms with Crippen LogP contribution < -0.4 is 4.72 Å². The number of nitrogens with one attached hydrogen (secondary N) is 1. The zero-order chi connectivity index (χ0) is 16.5. The molecule has 0 fully saturated rings. The van der Waals surface area contributed by atoms with Crippen molar-refractivity contribution in [1.29, 1.82) is 0 Å². The van der Waals surface area contributed by atoms with Crippen LogP contribution in [0.25, 0.3) is 0 Å². The summed E-state index contributed by atoms with van der Waals surface area (Å²) < 4.78 is 28.7. The highest BCUT2D eigenvalue weighted by atomic mass is 127. The molecule has 0 radical (unpaired) electrons. The first kappa shape index (κ1) is 17.3. The van der Waals surface area contributed by atoms with E-state index in [0.29, 0.717) is 5.69 Å². The third kappa shape index (κ3) is 4.01. The first-order chi connectivity index (χ1) is 10.1. The van der Waals surface area contributed by atoms with Gasteiger partial charge in [-0.25, -0.2) is 8.42 Å². The van der Waals surface area contributed by atoms with Gasteiger partial charge in [0.05, 0.1) is 10.6 Å². The van der Waals surface area contributed by atoms with Crippen molar-refractivity contribution >= 4 is 38.3 Å². The van der Waals surface area contributed by atoms with Crippen molar-refractivity contribution in [2.75, 3.05) is 4.72 Å². The summed E-state index contributed by atoms with van der Waals surface area (Å²) in [5.74, 6) is 0. The van der Waals surface area contributed by atoms with Crippen molar-refractivity contribution in [1.82, 2.24) is 0 Å². The van der Waals surface area contributed by atoms with Gasteiger partial charge in [0, 0.05) is 3.57 Å². The minimum atomic E-state index is -3.56. The third-order valence-electron chi connectivity index (χ3n) is 3.46. The lowest BCUT2D eigenvalue weighted by molar-refractivity contribution is 0.587. The highest BCUT2D eigenvalue weighted by Gasteiger charge is 2.18. The molecule has 0 aliphatic carbocycles. The van der Waals surface area contributed by atoms with E-state index in [-0.39, 0.29) is 10.3 Å². The quantitative estimate of drug-likeness (QED) is 0.720. The molecule has 22 heavy (non-hydrogen) atoms. The molecule has 0 aliphatic rings. The summed E-state index contributed by atoms with van der Waals surface area (Å²) >= 11 is 2.20. The molecule has 0 amide bonds. The summed E-state index contributed by atoms with van der Waals surface area (Å²) in [5.41, 5.74) is 2.63. The lowest BCUT2D eigenvalue weighted by atomic mass is 9.87. The summed E-state index contributed by atoms with van der Waals surface area (Å²) in [6.45, 7) is 8.19. The fraction of sp³-hybridized carbons (Fsp3) is 0.294. The fourth-order valence-electron chi connectivity index (χ4n) is 2.08. The average Bonchev–Trinajstić information content (AvgIpc) is 2.41. The molecule has 0 saturated heterocycles. The Kier molecular flexibility index (Phi) is 4.87. The summed E-state index contributed by atoms with van der Waals surface area (Å²) in [4.78, 5) is 0.276. The van der Waals surface area contributed by atoms with Gasteiger partial charge in [-0.05, 0) is 76.4 Å². The Labute approximate surface area is 146 Å². The zero-order valence-corrected chi connectivity index (χ0v) is 16.1. The van der Waals surface area contributed by atoms with E-state index in [1.54, 1.807) is 18.2 Å². The second-order valence-electron chi connectivity index (χ2n) is 6.34. The number of rotatable bonds is 3. The van der Waals surface area contributed by atoms with Gasteiger partial charge in [-0.3, -0.25) is 4.72 Å². The smallest absolute Gasteiger partial charge is 0.261 e. The minimum absolute atomic E-state index is 0.00241. The Hall–Kier alpha value is -1.08. The van der Waals surface area contributed by atoms with Gasteiger partial charge in [-0.2, -0.15) is 0 Å². The number of benzene rings is 2. The van der Waals surface area contributed by atoms with Gasteiger partial charge >= 0.3 is 0 Å². The Morgan fingerprint density at radius 1 is 1.00 bits per heavy atom. The van der Waals surface area contributed by atoms with Crippen LogP contribution >= 0.6 is 22.6 Å². The lowest BCUT2D eigenvalue weighted by Gasteiger charge is -2.19. The molecular formula is C17H20INO2S. The van der Waals surface area contributed by atoms with E-state index in [9.17, 15) is 8.42 Å². The molecule has 2 aromatic carbocycles. The van der Waals surface area contributed by atoms with E-state index in [1.165, 1.54) is 0 Å². The maximum absolute atomic E-state index is 12.5. The number of hydrogen-bond donors (Lipinski definition) is 1. The van der Waals surface area contributed by atoms with Crippen LogP contribution in [0.15, 0.2) is 47.4 Å². The number of aryl methyl sites for hydroxylation is 1. The van der Waals surface area contributed by atoms with Crippen LogP contribution in [-0.4, -0.2) is 8.42 Å². The predicted octanol–water partition coefficient (Wildman–Crippen LogP) is 4.70. The monoisotopic (exact) mass is 429 g/mol. The van der Waals surface area contributed by atoms with Gasteiger partial charge in [-0.1, -0.05) is 32.9 Å². The summed E-state index contributed by atoms with van der Waals surface area (Å²) in [5, 5.41) is 0. The van der Waals surface area contributed by atoms with Crippen molar-refractivity contribution in [3.05, 3.63) is 57.2 Å². The van der Waals surface area contributed by atoms with E-state index in [4.69, 9.17) is 0 Å². The maximum Gasteiger partial charge on any atom is 0.261 e. The number of sulfonamides is 1. The van der Waals surface area contributed by atoms with Gasteiger partial charge in [0.1, 0.15) is 0 Å². The fourth-order valence-corrected chi connectivity index (χ4v) is 3.86. The van der Waals surface area contributed by atoms with Gasteiger partial charge < -0.3 is 0 Å². The van der Waals surface area contributed by atoms with Gasteiger partial charge in [0.15, 0.2) is 0 Å². The van der Waals surface area contributed by atoms with Crippen LogP contribution in [0, 0.1) is 10.5 Å². The van der Waals surface area contributed by atoms with Crippen LogP contribution in [-0.2, 0) is 15.4 Å². The molecule has 3 nitrogen and oxygen atoms in total. The molecule has 0 atom stereocenters. The normalized spacial score (nSPS) is 12.2. The first-order valence-electron chi connectivity index (χ1n) is 6.99. The number of halogens is 1. The van der Waals surface area contributed by atoms with Crippen molar-refractivity contribution in [3.63, 3.8) is 0 Å². The van der Waals surface area contributed by atoms with Gasteiger partial charge in [-0.15, -0.1) is 0 Å². The number of hydrogen-bond acceptors (Lipinski definition) is 2. The first-order valence-corrected chi connectivity index (χ1v) is 9.55. The highest BCUT2D eigenvalue weighted by molar-refractivity contribution is 14.1. The van der Waals surface area contributed by atoms with Crippen molar-refractivity contribution in [2.24, 2.45) is 0 Å². The Balaban J connectivity index is 2.31. The SMILES string of the molecule is Cc1cc(I)ccc1NS(=O)(=O)c1ccc(C(C)(C)C)cc1. The molecular weight excluding hydrogens is 409 g/mol. The molecule has 1 N–H and O–H groups in total. The standard InChI is InChI=1S/C17H20INO2S/c1-12-11-14(18)7-10-16(12)19-22(20,21)15-8-5-13(6-9-15)17(2,3)4/h5-11,19H,1-4H3. The topological polar surface area (TPSA) is 46.2 Å². The lowest BCUT2D eigenvalue weighted by Crippen LogP contribution is -2.15. The predicted molar refractivity (Wildman–Crippen MR) is 99.8 cm³/mol. The molecule has 0 bridgehead atoms. The zero-order valence-electron chi connectivity index (χ0n) is 13.1. The second kappa shape index (κ2) is 6.20. The number of anilines is 1. The summed E-state index contributed by atoms with van der Waals surface area (Å²) in [7, 11) is -3.56. The van der Waals surface area contributed by atoms with Crippen molar-refractivity contribution in [2.45, 2.75) is 38.0 Å². The molecule has 118 valence electrons.